The molecule has 146 valence electrons. The van der Waals surface area contributed by atoms with E-state index in [4.69, 9.17) is 14.3 Å². The van der Waals surface area contributed by atoms with Crippen LogP contribution < -0.4 is 4.74 Å². The summed E-state index contributed by atoms with van der Waals surface area (Å²) in [5, 5.41) is 4.14. The summed E-state index contributed by atoms with van der Waals surface area (Å²) in [7, 11) is -1.39. The Balaban J connectivity index is 1.99. The number of nitrogens with zero attached hydrogens (tertiary/aromatic N) is 1. The molecule has 2 rings (SSSR count). The van der Waals surface area contributed by atoms with Crippen LogP contribution in [0.3, 0.4) is 0 Å². The number of rotatable bonds is 8. The van der Waals surface area contributed by atoms with Gasteiger partial charge in [-0.2, -0.15) is 0 Å². The molecule has 1 aliphatic rings. The second-order valence-electron chi connectivity index (χ2n) is 6.32. The van der Waals surface area contributed by atoms with Gasteiger partial charge in [0.05, 0.1) is 12.3 Å². The quantitative estimate of drug-likeness (QED) is 0.503. The third kappa shape index (κ3) is 5.33. The van der Waals surface area contributed by atoms with Gasteiger partial charge in [0.1, 0.15) is 23.2 Å². The van der Waals surface area contributed by atoms with E-state index >= 15 is 0 Å². The number of oxime groups is 1. The number of hydrogen-bond acceptors (Lipinski definition) is 6. The van der Waals surface area contributed by atoms with Crippen molar-refractivity contribution in [1.29, 1.82) is 0 Å². The molecule has 7 heteroatoms. The molecule has 0 saturated carbocycles. The number of carbonyl (C=O) groups is 1. The second kappa shape index (κ2) is 9.56. The zero-order chi connectivity index (χ0) is 19.9. The fraction of sp³-hybridized carbons (Fsp3) is 0.500. The fourth-order valence-corrected chi connectivity index (χ4v) is 3.39. The number of hydrogen-bond donors (Lipinski definition) is 0. The number of benzene rings is 1. The Labute approximate surface area is 162 Å². The molecular formula is C20H25NO5S. The summed E-state index contributed by atoms with van der Waals surface area (Å²) >= 11 is 0. The highest BCUT2D eigenvalue weighted by Crippen LogP contribution is 2.29. The van der Waals surface area contributed by atoms with Gasteiger partial charge in [-0.15, -0.1) is 5.92 Å². The van der Waals surface area contributed by atoms with Gasteiger partial charge in [0.15, 0.2) is 0 Å². The Hall–Kier alpha value is -2.33. The molecule has 0 aromatic heterocycles. The molecule has 3 atom stereocenters. The molecule has 0 N–H and O–H groups in total. The molecule has 1 heterocycles. The highest BCUT2D eigenvalue weighted by Gasteiger charge is 2.43. The van der Waals surface area contributed by atoms with Crippen LogP contribution >= 0.6 is 0 Å². The highest BCUT2D eigenvalue weighted by atomic mass is 32.2. The minimum absolute atomic E-state index is 0.247. The largest absolute Gasteiger partial charge is 0.481 e. The summed E-state index contributed by atoms with van der Waals surface area (Å²) in [4.78, 5) is 17.8. The third-order valence-electron chi connectivity index (χ3n) is 4.37. The lowest BCUT2D eigenvalue weighted by Gasteiger charge is -2.26. The Morgan fingerprint density at radius 3 is 2.70 bits per heavy atom. The lowest BCUT2D eigenvalue weighted by molar-refractivity contribution is -0.146. The summed E-state index contributed by atoms with van der Waals surface area (Å²) in [6.45, 7) is 5.74. The normalized spacial score (nSPS) is 19.0. The Morgan fingerprint density at radius 2 is 2.11 bits per heavy atom. The van der Waals surface area contributed by atoms with Crippen LogP contribution in [-0.2, 0) is 25.2 Å². The topological polar surface area (TPSA) is 74.2 Å². The van der Waals surface area contributed by atoms with Gasteiger partial charge in [0.2, 0.25) is 0 Å². The predicted octanol–water partition coefficient (Wildman–Crippen LogP) is 2.67. The lowest BCUT2D eigenvalue weighted by atomic mass is 9.97. The highest BCUT2D eigenvalue weighted by molar-refractivity contribution is 7.86. The van der Waals surface area contributed by atoms with Gasteiger partial charge in [-0.3, -0.25) is 9.00 Å². The van der Waals surface area contributed by atoms with Crippen molar-refractivity contribution in [2.24, 2.45) is 5.16 Å². The maximum absolute atomic E-state index is 12.3. The van der Waals surface area contributed by atoms with Gasteiger partial charge >= 0.3 is 5.97 Å². The molecule has 1 aromatic rings. The van der Waals surface area contributed by atoms with Crippen LogP contribution in [0.4, 0.5) is 0 Å². The van der Waals surface area contributed by atoms with E-state index in [-0.39, 0.29) is 19.1 Å². The molecule has 0 bridgehead atoms. The second-order valence-corrected chi connectivity index (χ2v) is 8.13. The fourth-order valence-electron chi connectivity index (χ4n) is 2.68. The van der Waals surface area contributed by atoms with E-state index in [1.165, 1.54) is 6.26 Å². The molecule has 1 aliphatic heterocycles. The molecule has 0 spiro atoms. The molecule has 0 fully saturated rings. The van der Waals surface area contributed by atoms with E-state index in [9.17, 15) is 9.00 Å². The smallest absolute Gasteiger partial charge is 0.324 e. The van der Waals surface area contributed by atoms with Gasteiger partial charge in [0, 0.05) is 29.9 Å². The van der Waals surface area contributed by atoms with Crippen LogP contribution in [0.25, 0.3) is 0 Å². The van der Waals surface area contributed by atoms with Gasteiger partial charge < -0.3 is 14.3 Å². The first-order valence-electron chi connectivity index (χ1n) is 8.77. The van der Waals surface area contributed by atoms with Crippen LogP contribution in [-0.4, -0.2) is 46.2 Å². The van der Waals surface area contributed by atoms with Gasteiger partial charge in [0.25, 0.3) is 0 Å². The van der Waals surface area contributed by atoms with Crippen molar-refractivity contribution in [3.8, 4) is 17.6 Å². The maximum atomic E-state index is 12.3. The van der Waals surface area contributed by atoms with Crippen molar-refractivity contribution in [2.75, 3.05) is 19.5 Å². The van der Waals surface area contributed by atoms with Crippen LogP contribution in [0.2, 0.25) is 0 Å². The number of ether oxygens (including phenoxy) is 2. The Morgan fingerprint density at radius 1 is 1.41 bits per heavy atom. The predicted molar refractivity (Wildman–Crippen MR) is 105 cm³/mol. The molecule has 1 aromatic carbocycles. The molecule has 0 radical (unpaired) electrons. The van der Waals surface area contributed by atoms with E-state index in [1.54, 1.807) is 20.8 Å². The molecule has 3 unspecified atom stereocenters. The van der Waals surface area contributed by atoms with Crippen molar-refractivity contribution in [3.05, 3.63) is 29.8 Å². The SMILES string of the molecule is CC#CCOc1ccc(C2=NOC(CC(C)(C(=O)OCC)S(C)=O)C2)cc1. The standard InChI is InChI=1S/C20H25NO5S/c1-5-7-12-25-16-10-8-15(9-11-16)18-13-17(26-21-18)14-20(3,27(4)23)19(22)24-6-2/h8-11,17H,6,12-14H2,1-4H3. The minimum Gasteiger partial charge on any atom is -0.481 e. The van der Waals surface area contributed by atoms with Gasteiger partial charge in [-0.05, 0) is 50.6 Å². The average Bonchev–Trinajstić information content (AvgIpc) is 3.10. The Bertz CT molecular complexity index is 778. The van der Waals surface area contributed by atoms with E-state index in [0.717, 1.165) is 17.0 Å². The average molecular weight is 391 g/mol. The van der Waals surface area contributed by atoms with Gasteiger partial charge in [-0.1, -0.05) is 11.1 Å². The third-order valence-corrected chi connectivity index (χ3v) is 5.97. The van der Waals surface area contributed by atoms with Crippen molar-refractivity contribution in [1.82, 2.24) is 0 Å². The summed E-state index contributed by atoms with van der Waals surface area (Å²) in [6.07, 6.45) is 2.00. The molecular weight excluding hydrogens is 366 g/mol. The maximum Gasteiger partial charge on any atom is 0.324 e. The summed E-state index contributed by atoms with van der Waals surface area (Å²) in [6, 6.07) is 7.52. The molecule has 6 nitrogen and oxygen atoms in total. The first kappa shape index (κ1) is 21.0. The molecule has 0 amide bonds. The van der Waals surface area contributed by atoms with E-state index in [2.05, 4.69) is 17.0 Å². The zero-order valence-corrected chi connectivity index (χ0v) is 16.9. The van der Waals surface area contributed by atoms with Crippen LogP contribution in [0.5, 0.6) is 5.75 Å². The lowest BCUT2D eigenvalue weighted by Crippen LogP contribution is -2.44. The van der Waals surface area contributed by atoms with E-state index < -0.39 is 21.5 Å². The monoisotopic (exact) mass is 391 g/mol. The van der Waals surface area contributed by atoms with Gasteiger partial charge in [-0.25, -0.2) is 0 Å². The summed E-state index contributed by atoms with van der Waals surface area (Å²) in [5.41, 5.74) is 1.70. The first-order valence-corrected chi connectivity index (χ1v) is 10.3. The number of esters is 1. The van der Waals surface area contributed by atoms with Crippen LogP contribution in [0.1, 0.15) is 39.2 Å². The van der Waals surface area contributed by atoms with Crippen molar-refractivity contribution < 1.29 is 23.3 Å². The summed E-state index contributed by atoms with van der Waals surface area (Å²) < 4.78 is 21.6. The van der Waals surface area contributed by atoms with E-state index in [0.29, 0.717) is 13.0 Å². The number of carbonyl (C=O) groups excluding carboxylic acids is 1. The minimum atomic E-state index is -1.39. The Kier molecular flexibility index (Phi) is 7.43. The van der Waals surface area contributed by atoms with Crippen molar-refractivity contribution in [2.45, 2.75) is 44.5 Å². The molecule has 0 saturated heterocycles. The summed E-state index contributed by atoms with van der Waals surface area (Å²) in [5.74, 6) is 5.88. The zero-order valence-electron chi connectivity index (χ0n) is 16.1. The van der Waals surface area contributed by atoms with Crippen molar-refractivity contribution in [3.63, 3.8) is 0 Å². The van der Waals surface area contributed by atoms with Crippen LogP contribution in [0, 0.1) is 11.8 Å². The van der Waals surface area contributed by atoms with E-state index in [1.807, 2.05) is 24.3 Å². The molecule has 27 heavy (non-hydrogen) atoms. The van der Waals surface area contributed by atoms with Crippen LogP contribution in [0.15, 0.2) is 29.4 Å². The van der Waals surface area contributed by atoms with Crippen molar-refractivity contribution >= 4 is 22.5 Å². The molecule has 0 aliphatic carbocycles. The first-order chi connectivity index (χ1) is 12.9.